The van der Waals surface area contributed by atoms with Crippen molar-refractivity contribution in [3.8, 4) is 0 Å². The number of carbonyl (C=O) groups excluding carboxylic acids is 2. The lowest BCUT2D eigenvalue weighted by molar-refractivity contribution is 0.0651. The normalized spacial score (nSPS) is 13.1. The molecule has 0 bridgehead atoms. The first-order valence-electron chi connectivity index (χ1n) is 10.9. The highest BCUT2D eigenvalue weighted by Gasteiger charge is 2.34. The number of imide groups is 1. The first-order chi connectivity index (χ1) is 15.1. The van der Waals surface area contributed by atoms with Gasteiger partial charge in [0.05, 0.1) is 16.6 Å². The average Bonchev–Trinajstić information content (AvgIpc) is 3.02. The summed E-state index contributed by atoms with van der Waals surface area (Å²) >= 11 is 6.04. The first kappa shape index (κ1) is 21.3. The molecule has 2 aromatic carbocycles. The van der Waals surface area contributed by atoms with E-state index in [0.29, 0.717) is 22.7 Å². The monoisotopic (exact) mass is 435 g/mol. The van der Waals surface area contributed by atoms with Crippen LogP contribution < -0.4 is 5.32 Å². The molecule has 1 aromatic heterocycles. The lowest BCUT2D eigenvalue weighted by Crippen LogP contribution is -2.30. The minimum atomic E-state index is -0.155. The quantitative estimate of drug-likeness (QED) is 0.316. The van der Waals surface area contributed by atoms with Gasteiger partial charge in [-0.25, -0.2) is 0 Å². The Kier molecular flexibility index (Phi) is 6.82. The van der Waals surface area contributed by atoms with E-state index in [2.05, 4.69) is 10.3 Å². The van der Waals surface area contributed by atoms with Crippen molar-refractivity contribution in [3.05, 3.63) is 70.9 Å². The van der Waals surface area contributed by atoms with Crippen LogP contribution in [0.25, 0.3) is 10.9 Å². The number of pyridine rings is 1. The van der Waals surface area contributed by atoms with E-state index in [1.165, 1.54) is 4.90 Å². The molecular weight excluding hydrogens is 410 g/mol. The molecule has 0 spiro atoms. The zero-order chi connectivity index (χ0) is 21.6. The molecule has 5 nitrogen and oxygen atoms in total. The Morgan fingerprint density at radius 3 is 2.26 bits per heavy atom. The summed E-state index contributed by atoms with van der Waals surface area (Å²) in [6.45, 7) is 1.42. The lowest BCUT2D eigenvalue weighted by Gasteiger charge is -2.13. The molecule has 0 aliphatic carbocycles. The van der Waals surface area contributed by atoms with Crippen LogP contribution >= 0.6 is 11.6 Å². The van der Waals surface area contributed by atoms with Crippen LogP contribution in [-0.2, 0) is 0 Å². The van der Waals surface area contributed by atoms with E-state index in [0.717, 1.165) is 61.7 Å². The highest BCUT2D eigenvalue weighted by atomic mass is 35.5. The Labute approximate surface area is 187 Å². The summed E-state index contributed by atoms with van der Waals surface area (Å²) < 4.78 is 0. The number of hydrogen-bond acceptors (Lipinski definition) is 4. The molecule has 31 heavy (non-hydrogen) atoms. The fourth-order valence-corrected chi connectivity index (χ4v) is 4.21. The zero-order valence-corrected chi connectivity index (χ0v) is 18.2. The van der Waals surface area contributed by atoms with Gasteiger partial charge in [0.2, 0.25) is 0 Å². The minimum absolute atomic E-state index is 0.155. The van der Waals surface area contributed by atoms with Gasteiger partial charge in [0.15, 0.2) is 0 Å². The molecule has 0 saturated carbocycles. The van der Waals surface area contributed by atoms with Crippen molar-refractivity contribution in [1.82, 2.24) is 9.88 Å². The number of hydrogen-bond donors (Lipinski definition) is 1. The van der Waals surface area contributed by atoms with Gasteiger partial charge in [-0.3, -0.25) is 19.5 Å². The predicted octanol–water partition coefficient (Wildman–Crippen LogP) is 5.94. The molecule has 2 heterocycles. The summed E-state index contributed by atoms with van der Waals surface area (Å²) in [5.41, 5.74) is 3.05. The Balaban J connectivity index is 1.11. The average molecular weight is 436 g/mol. The number of aromatic nitrogens is 1. The number of fused-ring (bicyclic) bond motifs is 2. The summed E-state index contributed by atoms with van der Waals surface area (Å²) in [6.07, 6.45) is 8.18. The Morgan fingerprint density at radius 2 is 1.52 bits per heavy atom. The third-order valence-corrected chi connectivity index (χ3v) is 5.94. The van der Waals surface area contributed by atoms with Gasteiger partial charge in [0.1, 0.15) is 0 Å². The topological polar surface area (TPSA) is 62.3 Å². The van der Waals surface area contributed by atoms with Gasteiger partial charge in [-0.2, -0.15) is 0 Å². The van der Waals surface area contributed by atoms with Crippen molar-refractivity contribution in [1.29, 1.82) is 0 Å². The maximum absolute atomic E-state index is 12.3. The third kappa shape index (κ3) is 4.88. The molecule has 2 amide bonds. The Morgan fingerprint density at radius 1 is 0.839 bits per heavy atom. The van der Waals surface area contributed by atoms with Gasteiger partial charge in [0, 0.05) is 35.4 Å². The van der Waals surface area contributed by atoms with Crippen LogP contribution in [0.15, 0.2) is 54.7 Å². The molecule has 3 aromatic rings. The van der Waals surface area contributed by atoms with Gasteiger partial charge >= 0.3 is 0 Å². The van der Waals surface area contributed by atoms with Crippen molar-refractivity contribution in [3.63, 3.8) is 0 Å². The van der Waals surface area contributed by atoms with Gasteiger partial charge in [-0.1, -0.05) is 49.4 Å². The van der Waals surface area contributed by atoms with Crippen LogP contribution in [-0.4, -0.2) is 34.8 Å². The molecule has 1 aliphatic heterocycles. The van der Waals surface area contributed by atoms with E-state index in [4.69, 9.17) is 11.6 Å². The van der Waals surface area contributed by atoms with Crippen molar-refractivity contribution in [2.45, 2.75) is 38.5 Å². The standard InChI is InChI=1S/C25H26ClN3O2/c26-18-11-12-21-22(13-15-28-23(21)17-18)27-14-7-3-1-2-4-8-16-29-24(30)19-9-5-6-10-20(19)25(29)31/h5-6,9-13,15,17H,1-4,7-8,14,16H2,(H,27,28). The summed E-state index contributed by atoms with van der Waals surface area (Å²) in [5, 5.41) is 5.28. The molecule has 6 heteroatoms. The third-order valence-electron chi connectivity index (χ3n) is 5.71. The van der Waals surface area contributed by atoms with E-state index < -0.39 is 0 Å². The van der Waals surface area contributed by atoms with Gasteiger partial charge < -0.3 is 5.32 Å². The Hall–Kier alpha value is -2.92. The van der Waals surface area contributed by atoms with E-state index >= 15 is 0 Å². The molecule has 1 N–H and O–H groups in total. The smallest absolute Gasteiger partial charge is 0.261 e. The second kappa shape index (κ2) is 9.92. The molecular formula is C25H26ClN3O2. The molecule has 1 aliphatic rings. The molecule has 160 valence electrons. The lowest BCUT2D eigenvalue weighted by atomic mass is 10.1. The number of anilines is 1. The number of benzene rings is 2. The fraction of sp³-hybridized carbons (Fsp3) is 0.320. The second-order valence-electron chi connectivity index (χ2n) is 7.88. The summed E-state index contributed by atoms with van der Waals surface area (Å²) in [4.78, 5) is 30.5. The highest BCUT2D eigenvalue weighted by Crippen LogP contribution is 2.25. The molecule has 0 atom stereocenters. The van der Waals surface area contributed by atoms with Crippen LogP contribution in [0.2, 0.25) is 5.02 Å². The molecule has 4 rings (SSSR count). The number of rotatable bonds is 10. The minimum Gasteiger partial charge on any atom is -0.384 e. The summed E-state index contributed by atoms with van der Waals surface area (Å²) in [6, 6.07) is 14.8. The molecule has 0 unspecified atom stereocenters. The van der Waals surface area contributed by atoms with Crippen LogP contribution in [0.3, 0.4) is 0 Å². The molecule has 0 fully saturated rings. The number of halogens is 1. The second-order valence-corrected chi connectivity index (χ2v) is 8.31. The van der Waals surface area contributed by atoms with E-state index in [1.807, 2.05) is 24.3 Å². The summed E-state index contributed by atoms with van der Waals surface area (Å²) in [5.74, 6) is -0.310. The number of amides is 2. The van der Waals surface area contributed by atoms with Crippen LogP contribution in [0.1, 0.15) is 59.2 Å². The van der Waals surface area contributed by atoms with Gasteiger partial charge in [0.25, 0.3) is 11.8 Å². The van der Waals surface area contributed by atoms with Crippen LogP contribution in [0, 0.1) is 0 Å². The van der Waals surface area contributed by atoms with Crippen molar-refractivity contribution in [2.24, 2.45) is 0 Å². The fourth-order valence-electron chi connectivity index (χ4n) is 4.04. The maximum atomic E-state index is 12.3. The predicted molar refractivity (Wildman–Crippen MR) is 125 cm³/mol. The highest BCUT2D eigenvalue weighted by molar-refractivity contribution is 6.31. The largest absolute Gasteiger partial charge is 0.384 e. The zero-order valence-electron chi connectivity index (χ0n) is 17.4. The Bertz CT molecular complexity index is 1060. The van der Waals surface area contributed by atoms with Crippen molar-refractivity contribution >= 4 is 40.0 Å². The SMILES string of the molecule is O=C1c2ccccc2C(=O)N1CCCCCCCCNc1ccnc2cc(Cl)ccc12. The van der Waals surface area contributed by atoms with Crippen LogP contribution in [0.5, 0.6) is 0 Å². The number of unbranched alkanes of at least 4 members (excludes halogenated alkanes) is 5. The van der Waals surface area contributed by atoms with Gasteiger partial charge in [-0.05, 0) is 49.2 Å². The van der Waals surface area contributed by atoms with Crippen molar-refractivity contribution in [2.75, 3.05) is 18.4 Å². The van der Waals surface area contributed by atoms with Gasteiger partial charge in [-0.15, -0.1) is 0 Å². The molecule has 0 radical (unpaired) electrons. The van der Waals surface area contributed by atoms with E-state index in [9.17, 15) is 9.59 Å². The van der Waals surface area contributed by atoms with E-state index in [1.54, 1.807) is 30.5 Å². The summed E-state index contributed by atoms with van der Waals surface area (Å²) in [7, 11) is 0. The molecule has 0 saturated heterocycles. The van der Waals surface area contributed by atoms with Crippen molar-refractivity contribution < 1.29 is 9.59 Å². The number of nitrogens with zero attached hydrogens (tertiary/aromatic N) is 2. The maximum Gasteiger partial charge on any atom is 0.261 e. The first-order valence-corrected chi connectivity index (χ1v) is 11.3. The van der Waals surface area contributed by atoms with E-state index in [-0.39, 0.29) is 11.8 Å². The van der Waals surface area contributed by atoms with Crippen LogP contribution in [0.4, 0.5) is 5.69 Å². The number of carbonyl (C=O) groups is 2. The number of nitrogens with one attached hydrogen (secondary N) is 1.